The number of nitrogens with zero attached hydrogens (tertiary/aromatic N) is 1. The van der Waals surface area contributed by atoms with Gasteiger partial charge in [-0.25, -0.2) is 0 Å². The lowest BCUT2D eigenvalue weighted by molar-refractivity contribution is 0.394. The summed E-state index contributed by atoms with van der Waals surface area (Å²) in [6.45, 7) is 8.75. The van der Waals surface area contributed by atoms with Crippen molar-refractivity contribution in [3.8, 4) is 6.07 Å². The normalized spacial score (nSPS) is 15.3. The van der Waals surface area contributed by atoms with Crippen LogP contribution in [0, 0.1) is 17.2 Å². The second-order valence-corrected chi connectivity index (χ2v) is 10.4. The van der Waals surface area contributed by atoms with E-state index in [2.05, 4.69) is 33.8 Å². The fraction of sp³-hybridized carbons (Fsp3) is 0.909. The minimum atomic E-state index is -1.42. The largest absolute Gasteiger partial charge is 0.452 e. The molecule has 0 aliphatic rings. The monoisotopic (exact) mass is 241 g/mol. The predicted octanol–water partition coefficient (Wildman–Crippen LogP) is 2.50. The number of rotatable bonds is 7. The molecule has 0 heterocycles. The molecule has 0 fully saturated rings. The van der Waals surface area contributed by atoms with Crippen LogP contribution >= 0.6 is 0 Å². The van der Waals surface area contributed by atoms with Crippen molar-refractivity contribution in [2.75, 3.05) is 0 Å². The molecule has 0 aliphatic heterocycles. The van der Waals surface area contributed by atoms with Gasteiger partial charge in [-0.1, -0.05) is 45.8 Å². The molecule has 0 aliphatic carbocycles. The van der Waals surface area contributed by atoms with E-state index in [0.717, 1.165) is 0 Å². The molecule has 2 N–H and O–H groups in total. The smallest absolute Gasteiger partial charge is 0.427 e. The average Bonchev–Trinajstić information content (AvgIpc) is 2.28. The van der Waals surface area contributed by atoms with Crippen molar-refractivity contribution in [2.24, 2.45) is 5.92 Å². The Bertz CT molecular complexity index is 230. The van der Waals surface area contributed by atoms with Crippen LogP contribution in [-0.4, -0.2) is 25.2 Å². The number of hydrogen-bond acceptors (Lipinski definition) is 3. The van der Waals surface area contributed by atoms with Gasteiger partial charge in [0.05, 0.1) is 14.1 Å². The number of hydrogen-bond donors (Lipinski definition) is 2. The first kappa shape index (κ1) is 15.7. The first-order valence-electron chi connectivity index (χ1n) is 6.23. The minimum Gasteiger partial charge on any atom is -0.427 e. The first-order valence-corrected chi connectivity index (χ1v) is 8.93. The van der Waals surface area contributed by atoms with Gasteiger partial charge in [-0.05, 0) is 11.9 Å². The highest BCUT2D eigenvalue weighted by molar-refractivity contribution is 6.81. The molecule has 0 rings (SSSR count). The van der Waals surface area contributed by atoms with E-state index in [-0.39, 0.29) is 12.2 Å². The summed E-state index contributed by atoms with van der Waals surface area (Å²) in [5.41, 5.74) is 0.333. The molecule has 2 atom stereocenters. The Hall–Kier alpha value is -0.308. The van der Waals surface area contributed by atoms with E-state index < -0.39 is 15.2 Å². The predicted molar refractivity (Wildman–Crippen MR) is 70.7 cm³/mol. The van der Waals surface area contributed by atoms with Crippen LogP contribution < -0.4 is 0 Å². The molecule has 92 valence electrons. The summed E-state index contributed by atoms with van der Waals surface area (Å²) < 4.78 is 0. The molecule has 0 saturated heterocycles. The zero-order valence-electron chi connectivity index (χ0n) is 10.9. The van der Waals surface area contributed by atoms with Crippen molar-refractivity contribution in [1.82, 2.24) is 0 Å². The number of nitriles is 1. The summed E-state index contributed by atoms with van der Waals surface area (Å²) in [5, 5.41) is 27.2. The Balaban J connectivity index is 4.83. The lowest BCUT2D eigenvalue weighted by atomic mass is 9.78. The van der Waals surface area contributed by atoms with Crippen LogP contribution in [0.5, 0.6) is 0 Å². The lowest BCUT2D eigenvalue weighted by Gasteiger charge is -2.37. The SMILES string of the molecule is CC[Si](CC)(CC)C(C)C(C#N)CB(O)O. The third kappa shape index (κ3) is 3.62. The Kier molecular flexibility index (Phi) is 6.97. The topological polar surface area (TPSA) is 64.2 Å². The van der Waals surface area contributed by atoms with Gasteiger partial charge in [0.2, 0.25) is 0 Å². The summed E-state index contributed by atoms with van der Waals surface area (Å²) in [6, 6.07) is 5.76. The highest BCUT2D eigenvalue weighted by atomic mass is 28.3. The van der Waals surface area contributed by atoms with Crippen LogP contribution in [0.2, 0.25) is 30.0 Å². The van der Waals surface area contributed by atoms with Gasteiger partial charge >= 0.3 is 7.12 Å². The van der Waals surface area contributed by atoms with Crippen molar-refractivity contribution in [3.63, 3.8) is 0 Å². The van der Waals surface area contributed by atoms with Crippen molar-refractivity contribution < 1.29 is 10.0 Å². The van der Waals surface area contributed by atoms with Crippen LogP contribution in [0.3, 0.4) is 0 Å². The molecule has 0 aromatic heterocycles. The van der Waals surface area contributed by atoms with Crippen molar-refractivity contribution in [3.05, 3.63) is 0 Å². The second kappa shape index (κ2) is 7.10. The maximum absolute atomic E-state index is 9.15. The minimum absolute atomic E-state index is 0.187. The summed E-state index contributed by atoms with van der Waals surface area (Å²) >= 11 is 0. The third-order valence-electron chi connectivity index (χ3n) is 4.31. The van der Waals surface area contributed by atoms with E-state index in [4.69, 9.17) is 15.3 Å². The highest BCUT2D eigenvalue weighted by Crippen LogP contribution is 2.39. The highest BCUT2D eigenvalue weighted by Gasteiger charge is 2.39. The van der Waals surface area contributed by atoms with Gasteiger partial charge in [0.1, 0.15) is 0 Å². The second-order valence-electron chi connectivity index (χ2n) is 4.66. The molecular weight excluding hydrogens is 217 g/mol. The van der Waals surface area contributed by atoms with Gasteiger partial charge in [-0.2, -0.15) is 5.26 Å². The summed E-state index contributed by atoms with van der Waals surface area (Å²) in [4.78, 5) is 0. The van der Waals surface area contributed by atoms with E-state index >= 15 is 0 Å². The standard InChI is InChI=1S/C11H24BNO2Si/c1-5-16(6-2,7-3)10(4)11(9-13)8-12(14)15/h10-11,14-15H,5-8H2,1-4H3. The molecule has 0 aromatic carbocycles. The van der Waals surface area contributed by atoms with Crippen LogP contribution in [0.15, 0.2) is 0 Å². The molecule has 5 heteroatoms. The molecule has 0 saturated carbocycles. The van der Waals surface area contributed by atoms with E-state index in [1.807, 2.05) is 0 Å². The fourth-order valence-electron chi connectivity index (χ4n) is 2.74. The molecule has 0 aromatic rings. The molecule has 0 amide bonds. The molecule has 16 heavy (non-hydrogen) atoms. The van der Waals surface area contributed by atoms with Crippen LogP contribution in [0.1, 0.15) is 27.7 Å². The summed E-state index contributed by atoms with van der Waals surface area (Å²) in [6.07, 6.45) is 0.187. The quantitative estimate of drug-likeness (QED) is 0.673. The summed E-state index contributed by atoms with van der Waals surface area (Å²) in [7, 11) is -2.77. The van der Waals surface area contributed by atoms with Gasteiger partial charge < -0.3 is 10.0 Å². The molecule has 0 bridgehead atoms. The molecule has 0 radical (unpaired) electrons. The van der Waals surface area contributed by atoms with Gasteiger partial charge in [0, 0.05) is 5.92 Å². The van der Waals surface area contributed by atoms with Crippen molar-refractivity contribution in [2.45, 2.75) is 57.7 Å². The van der Waals surface area contributed by atoms with E-state index in [1.54, 1.807) is 0 Å². The maximum atomic E-state index is 9.15. The molecule has 3 nitrogen and oxygen atoms in total. The van der Waals surface area contributed by atoms with Gasteiger partial charge in [-0.3, -0.25) is 0 Å². The van der Waals surface area contributed by atoms with Gasteiger partial charge in [-0.15, -0.1) is 0 Å². The Labute approximate surface area is 101 Å². The Morgan fingerprint density at radius 3 is 1.88 bits per heavy atom. The van der Waals surface area contributed by atoms with E-state index in [1.165, 1.54) is 18.1 Å². The zero-order valence-corrected chi connectivity index (χ0v) is 11.9. The third-order valence-corrected chi connectivity index (χ3v) is 10.9. The molecule has 0 spiro atoms. The average molecular weight is 241 g/mol. The van der Waals surface area contributed by atoms with E-state index in [9.17, 15) is 0 Å². The van der Waals surface area contributed by atoms with E-state index in [0.29, 0.717) is 5.54 Å². The van der Waals surface area contributed by atoms with Gasteiger partial charge in [0.25, 0.3) is 0 Å². The maximum Gasteiger partial charge on any atom is 0.452 e. The molecule has 2 unspecified atom stereocenters. The van der Waals surface area contributed by atoms with Gasteiger partial charge in [0.15, 0.2) is 0 Å². The van der Waals surface area contributed by atoms with Crippen LogP contribution in [-0.2, 0) is 0 Å². The van der Waals surface area contributed by atoms with Crippen LogP contribution in [0.4, 0.5) is 0 Å². The fourth-order valence-corrected chi connectivity index (χ4v) is 7.23. The Morgan fingerprint density at radius 2 is 1.62 bits per heavy atom. The zero-order chi connectivity index (χ0) is 12.8. The van der Waals surface area contributed by atoms with Crippen molar-refractivity contribution >= 4 is 15.2 Å². The summed E-state index contributed by atoms with van der Waals surface area (Å²) in [5.74, 6) is -0.216. The first-order chi connectivity index (χ1) is 7.47. The Morgan fingerprint density at radius 1 is 1.19 bits per heavy atom. The lowest BCUT2D eigenvalue weighted by Crippen LogP contribution is -2.40. The van der Waals surface area contributed by atoms with Crippen LogP contribution in [0.25, 0.3) is 0 Å². The van der Waals surface area contributed by atoms with Crippen molar-refractivity contribution in [1.29, 1.82) is 5.26 Å². The molecular formula is C11H24BNO2Si.